The van der Waals surface area contributed by atoms with Crippen LogP contribution < -0.4 is 19.1 Å². The molecule has 1 saturated heterocycles. The van der Waals surface area contributed by atoms with Crippen LogP contribution in [0.2, 0.25) is 0 Å². The van der Waals surface area contributed by atoms with Crippen LogP contribution in [-0.2, 0) is 9.59 Å². The van der Waals surface area contributed by atoms with E-state index in [1.807, 2.05) is 13.8 Å². The van der Waals surface area contributed by atoms with Gasteiger partial charge in [0.1, 0.15) is 23.1 Å². The van der Waals surface area contributed by atoms with Crippen molar-refractivity contribution in [3.05, 3.63) is 88.5 Å². The first-order valence-electron chi connectivity index (χ1n) is 12.4. The number of ketones is 1. The number of Topliss-reactive ketones (excluding diaryl/α,β-unsaturated/α-hetero) is 1. The molecule has 0 saturated carbocycles. The van der Waals surface area contributed by atoms with E-state index in [1.165, 1.54) is 14.2 Å². The van der Waals surface area contributed by atoms with Crippen LogP contribution in [0.1, 0.15) is 49.4 Å². The molecule has 39 heavy (non-hydrogen) atoms. The number of rotatable bonds is 8. The molecule has 0 spiro atoms. The van der Waals surface area contributed by atoms with Crippen molar-refractivity contribution in [1.82, 2.24) is 0 Å². The van der Waals surface area contributed by atoms with E-state index in [1.54, 1.807) is 43.3 Å². The molecule has 0 aliphatic carbocycles. The zero-order valence-electron chi connectivity index (χ0n) is 22.2. The second kappa shape index (κ2) is 11.1. The Kier molecular flexibility index (Phi) is 7.90. The van der Waals surface area contributed by atoms with Crippen molar-refractivity contribution in [3.63, 3.8) is 0 Å². The van der Waals surface area contributed by atoms with Gasteiger partial charge in [-0.3, -0.25) is 14.5 Å². The highest BCUT2D eigenvalue weighted by Gasteiger charge is 2.48. The predicted octanol–water partition coefficient (Wildman–Crippen LogP) is 6.13. The number of aliphatic hydroxyl groups is 1. The van der Waals surface area contributed by atoms with Gasteiger partial charge in [-0.05, 0) is 66.4 Å². The third kappa shape index (κ3) is 5.04. The minimum absolute atomic E-state index is 0.0163. The molecule has 1 amide bonds. The molecule has 1 aliphatic heterocycles. The van der Waals surface area contributed by atoms with Gasteiger partial charge >= 0.3 is 0 Å². The van der Waals surface area contributed by atoms with Gasteiger partial charge in [-0.1, -0.05) is 19.9 Å². The van der Waals surface area contributed by atoms with E-state index in [-0.39, 0.29) is 17.1 Å². The summed E-state index contributed by atoms with van der Waals surface area (Å²) in [6.07, 6.45) is 0. The lowest BCUT2D eigenvalue weighted by Crippen LogP contribution is -2.30. The van der Waals surface area contributed by atoms with Crippen LogP contribution in [0.4, 0.5) is 14.5 Å². The molecule has 9 heteroatoms. The van der Waals surface area contributed by atoms with Crippen LogP contribution in [0, 0.1) is 11.6 Å². The van der Waals surface area contributed by atoms with Crippen molar-refractivity contribution in [3.8, 4) is 17.2 Å². The second-order valence-corrected chi connectivity index (χ2v) is 9.22. The van der Waals surface area contributed by atoms with E-state index in [2.05, 4.69) is 0 Å². The van der Waals surface area contributed by atoms with E-state index in [4.69, 9.17) is 14.2 Å². The Labute approximate surface area is 225 Å². The highest BCUT2D eigenvalue weighted by molar-refractivity contribution is 6.51. The largest absolute Gasteiger partial charge is 0.507 e. The molecule has 1 aliphatic rings. The van der Waals surface area contributed by atoms with Gasteiger partial charge in [-0.25, -0.2) is 8.78 Å². The first kappa shape index (κ1) is 27.6. The predicted molar refractivity (Wildman–Crippen MR) is 142 cm³/mol. The van der Waals surface area contributed by atoms with Gasteiger partial charge < -0.3 is 19.3 Å². The number of aliphatic hydroxyl groups excluding tert-OH is 1. The fourth-order valence-corrected chi connectivity index (χ4v) is 4.69. The summed E-state index contributed by atoms with van der Waals surface area (Å²) in [7, 11) is 2.99. The smallest absolute Gasteiger partial charge is 0.300 e. The lowest BCUT2D eigenvalue weighted by molar-refractivity contribution is -0.132. The molecule has 0 aromatic heterocycles. The van der Waals surface area contributed by atoms with E-state index in [0.717, 1.165) is 28.7 Å². The summed E-state index contributed by atoms with van der Waals surface area (Å²) in [5, 5.41) is 11.5. The van der Waals surface area contributed by atoms with Crippen molar-refractivity contribution in [2.45, 2.75) is 32.7 Å². The maximum Gasteiger partial charge on any atom is 0.300 e. The Bertz CT molecular complexity index is 1470. The maximum atomic E-state index is 15.0. The highest BCUT2D eigenvalue weighted by atomic mass is 19.1. The average molecular weight is 538 g/mol. The Balaban J connectivity index is 2.01. The van der Waals surface area contributed by atoms with E-state index in [9.17, 15) is 23.5 Å². The molecule has 1 fully saturated rings. The summed E-state index contributed by atoms with van der Waals surface area (Å²) in [5.74, 6) is -3.01. The third-order valence-electron chi connectivity index (χ3n) is 6.54. The highest BCUT2D eigenvalue weighted by Crippen LogP contribution is 2.45. The SMILES string of the molecule is CCOc1cc(C2/C(=C(\O)c3ccc(OC)c(C(C)C)c3)C(=O)C(=O)N2c2cc(F)ccc2F)ccc1OC. The summed E-state index contributed by atoms with van der Waals surface area (Å²) < 4.78 is 45.7. The molecular formula is C30H29F2NO6. The Morgan fingerprint density at radius 3 is 2.28 bits per heavy atom. The van der Waals surface area contributed by atoms with Crippen LogP contribution in [0.15, 0.2) is 60.2 Å². The van der Waals surface area contributed by atoms with Gasteiger partial charge in [0.15, 0.2) is 11.5 Å². The normalized spacial score (nSPS) is 16.6. The van der Waals surface area contributed by atoms with Crippen molar-refractivity contribution in [2.24, 2.45) is 0 Å². The van der Waals surface area contributed by atoms with E-state index >= 15 is 0 Å². The molecule has 3 aromatic carbocycles. The summed E-state index contributed by atoms with van der Waals surface area (Å²) >= 11 is 0. The standard InChI is InChI=1S/C30H29F2NO6/c1-6-39-25-14-17(7-12-24(25)38-5)27-26(28(34)18-8-11-23(37-4)20(13-18)16(2)3)29(35)30(36)33(27)22-15-19(31)9-10-21(22)32/h7-16,27,34H,6H2,1-5H3/b28-26+. The monoisotopic (exact) mass is 537 g/mol. The zero-order chi connectivity index (χ0) is 28.4. The van der Waals surface area contributed by atoms with Crippen LogP contribution in [0.25, 0.3) is 5.76 Å². The number of amides is 1. The number of ether oxygens (including phenoxy) is 3. The molecule has 0 radical (unpaired) electrons. The van der Waals surface area contributed by atoms with Gasteiger partial charge in [0, 0.05) is 11.6 Å². The number of benzene rings is 3. The number of anilines is 1. The van der Waals surface area contributed by atoms with Gasteiger partial charge in [0.2, 0.25) is 0 Å². The van der Waals surface area contributed by atoms with Gasteiger partial charge in [-0.2, -0.15) is 0 Å². The van der Waals surface area contributed by atoms with Crippen molar-refractivity contribution < 1.29 is 37.7 Å². The molecule has 7 nitrogen and oxygen atoms in total. The van der Waals surface area contributed by atoms with Crippen molar-refractivity contribution >= 4 is 23.1 Å². The summed E-state index contributed by atoms with van der Waals surface area (Å²) in [5.41, 5.74) is 0.636. The van der Waals surface area contributed by atoms with Gasteiger partial charge in [-0.15, -0.1) is 0 Å². The number of halogens is 2. The van der Waals surface area contributed by atoms with E-state index in [0.29, 0.717) is 29.4 Å². The first-order valence-corrected chi connectivity index (χ1v) is 12.4. The van der Waals surface area contributed by atoms with E-state index < -0.39 is 40.8 Å². The molecule has 3 aromatic rings. The second-order valence-electron chi connectivity index (χ2n) is 9.22. The Hall–Kier alpha value is -4.40. The molecular weight excluding hydrogens is 508 g/mol. The Morgan fingerprint density at radius 2 is 1.64 bits per heavy atom. The quantitative estimate of drug-likeness (QED) is 0.211. The Morgan fingerprint density at radius 1 is 0.949 bits per heavy atom. The minimum Gasteiger partial charge on any atom is -0.507 e. The number of nitrogens with zero attached hydrogens (tertiary/aromatic N) is 1. The zero-order valence-corrected chi connectivity index (χ0v) is 22.2. The topological polar surface area (TPSA) is 85.3 Å². The third-order valence-corrected chi connectivity index (χ3v) is 6.54. The summed E-state index contributed by atoms with van der Waals surface area (Å²) in [4.78, 5) is 27.7. The molecule has 1 unspecified atom stereocenters. The number of methoxy groups -OCH3 is 2. The molecule has 1 heterocycles. The molecule has 1 N–H and O–H groups in total. The average Bonchev–Trinajstić information content (AvgIpc) is 3.19. The molecule has 0 bridgehead atoms. The van der Waals surface area contributed by atoms with Gasteiger partial charge in [0.25, 0.3) is 11.7 Å². The van der Waals surface area contributed by atoms with Crippen molar-refractivity contribution in [1.29, 1.82) is 0 Å². The fraction of sp³-hybridized carbons (Fsp3) is 0.267. The molecule has 204 valence electrons. The van der Waals surface area contributed by atoms with Crippen LogP contribution in [0.3, 0.4) is 0 Å². The lowest BCUT2D eigenvalue weighted by Gasteiger charge is -2.26. The first-order chi connectivity index (χ1) is 18.6. The number of hydrogen-bond acceptors (Lipinski definition) is 6. The fourth-order valence-electron chi connectivity index (χ4n) is 4.69. The van der Waals surface area contributed by atoms with Crippen LogP contribution in [-0.4, -0.2) is 37.6 Å². The number of hydrogen-bond donors (Lipinski definition) is 1. The van der Waals surface area contributed by atoms with Crippen LogP contribution >= 0.6 is 0 Å². The minimum atomic E-state index is -1.30. The lowest BCUT2D eigenvalue weighted by atomic mass is 9.93. The summed E-state index contributed by atoms with van der Waals surface area (Å²) in [6, 6.07) is 10.9. The number of carbonyl (C=O) groups is 2. The number of carbonyl (C=O) groups excluding carboxylic acids is 2. The molecule has 1 atom stereocenters. The molecule has 4 rings (SSSR count). The maximum absolute atomic E-state index is 15.0. The summed E-state index contributed by atoms with van der Waals surface area (Å²) in [6.45, 7) is 5.96. The van der Waals surface area contributed by atoms with Crippen LogP contribution in [0.5, 0.6) is 17.2 Å². The van der Waals surface area contributed by atoms with Crippen molar-refractivity contribution in [2.75, 3.05) is 25.7 Å². The van der Waals surface area contributed by atoms with Gasteiger partial charge in [0.05, 0.1) is 38.1 Å².